The number of anilines is 1. The maximum absolute atomic E-state index is 13.1. The third-order valence-electron chi connectivity index (χ3n) is 6.59. The van der Waals surface area contributed by atoms with Crippen LogP contribution in [0, 0.1) is 5.92 Å². The van der Waals surface area contributed by atoms with E-state index in [0.717, 1.165) is 38.5 Å². The normalized spacial score (nSPS) is 24.9. The average molecular weight is 450 g/mol. The predicted molar refractivity (Wildman–Crippen MR) is 116 cm³/mol. The lowest BCUT2D eigenvalue weighted by molar-refractivity contribution is -0.126. The molecule has 2 atom stereocenters. The summed E-state index contributed by atoms with van der Waals surface area (Å²) in [6.07, 6.45) is 7.01. The molecular weight excluding hydrogens is 418 g/mol. The van der Waals surface area contributed by atoms with Gasteiger partial charge in [0.05, 0.1) is 10.6 Å². The van der Waals surface area contributed by atoms with E-state index in [4.69, 9.17) is 4.74 Å². The van der Waals surface area contributed by atoms with Gasteiger partial charge in [-0.1, -0.05) is 26.2 Å². The van der Waals surface area contributed by atoms with Gasteiger partial charge in [0.1, 0.15) is 12.3 Å². The first kappa shape index (κ1) is 22.1. The Balaban J connectivity index is 1.54. The highest BCUT2D eigenvalue weighted by atomic mass is 32.2. The van der Waals surface area contributed by atoms with Crippen molar-refractivity contribution < 1.29 is 22.7 Å². The lowest BCUT2D eigenvalue weighted by Crippen LogP contribution is -2.49. The Kier molecular flexibility index (Phi) is 6.52. The molecule has 2 aliphatic heterocycles. The van der Waals surface area contributed by atoms with Crippen LogP contribution in [0.25, 0.3) is 0 Å². The summed E-state index contributed by atoms with van der Waals surface area (Å²) in [4.78, 5) is 26.8. The van der Waals surface area contributed by atoms with Gasteiger partial charge in [-0.15, -0.1) is 0 Å². The number of rotatable bonds is 5. The van der Waals surface area contributed by atoms with Crippen molar-refractivity contribution in [2.75, 3.05) is 31.1 Å². The molecule has 2 heterocycles. The van der Waals surface area contributed by atoms with Crippen LogP contribution in [0.4, 0.5) is 5.69 Å². The van der Waals surface area contributed by atoms with Gasteiger partial charge < -0.3 is 10.1 Å². The van der Waals surface area contributed by atoms with Crippen molar-refractivity contribution in [1.82, 2.24) is 9.62 Å². The van der Waals surface area contributed by atoms with Gasteiger partial charge in [0.15, 0.2) is 6.61 Å². The highest BCUT2D eigenvalue weighted by molar-refractivity contribution is 7.89. The number of hydrogen-bond donors (Lipinski definition) is 1. The first-order valence-corrected chi connectivity index (χ1v) is 12.7. The highest BCUT2D eigenvalue weighted by Crippen LogP contribution is 2.35. The fourth-order valence-electron chi connectivity index (χ4n) is 4.70. The minimum Gasteiger partial charge on any atom is -0.482 e. The van der Waals surface area contributed by atoms with E-state index in [1.807, 2.05) is 0 Å². The van der Waals surface area contributed by atoms with Crippen molar-refractivity contribution in [2.45, 2.75) is 62.8 Å². The maximum atomic E-state index is 13.1. The molecule has 2 amide bonds. The summed E-state index contributed by atoms with van der Waals surface area (Å²) >= 11 is 0. The van der Waals surface area contributed by atoms with Crippen LogP contribution < -0.4 is 15.0 Å². The van der Waals surface area contributed by atoms with E-state index < -0.39 is 10.0 Å². The molecule has 2 fully saturated rings. The fraction of sp³-hybridized carbons (Fsp3) is 0.636. The third-order valence-corrected chi connectivity index (χ3v) is 8.48. The number of carbonyl (C=O) groups is 2. The molecule has 1 N–H and O–H groups in total. The first-order chi connectivity index (χ1) is 14.9. The molecule has 1 aromatic rings. The Morgan fingerprint density at radius 3 is 2.61 bits per heavy atom. The largest absolute Gasteiger partial charge is 0.482 e. The number of ether oxygens (including phenoxy) is 1. The van der Waals surface area contributed by atoms with Crippen LogP contribution in [0.5, 0.6) is 5.75 Å². The number of sulfonamides is 1. The van der Waals surface area contributed by atoms with Crippen LogP contribution in [0.15, 0.2) is 23.1 Å². The summed E-state index contributed by atoms with van der Waals surface area (Å²) in [6, 6.07) is 4.67. The zero-order chi connectivity index (χ0) is 22.0. The van der Waals surface area contributed by atoms with E-state index in [1.165, 1.54) is 27.8 Å². The monoisotopic (exact) mass is 449 g/mol. The van der Waals surface area contributed by atoms with E-state index in [1.54, 1.807) is 6.07 Å². The number of amides is 2. The van der Waals surface area contributed by atoms with E-state index in [9.17, 15) is 18.0 Å². The van der Waals surface area contributed by atoms with Crippen LogP contribution >= 0.6 is 0 Å². The van der Waals surface area contributed by atoms with Gasteiger partial charge in [0, 0.05) is 19.1 Å². The van der Waals surface area contributed by atoms with E-state index in [-0.39, 0.29) is 35.9 Å². The van der Waals surface area contributed by atoms with Crippen molar-refractivity contribution in [2.24, 2.45) is 5.92 Å². The predicted octanol–water partition coefficient (Wildman–Crippen LogP) is 2.28. The molecule has 170 valence electrons. The SMILES string of the molecule is C[C@@H]1CCCC[C@@H]1NC(=O)CN1C(=O)COc2ccc(S(=O)(=O)N3CCCCC3)cc21. The fourth-order valence-corrected chi connectivity index (χ4v) is 6.23. The lowest BCUT2D eigenvalue weighted by atomic mass is 9.86. The number of fused-ring (bicyclic) bond motifs is 1. The number of hydrogen-bond acceptors (Lipinski definition) is 5. The molecule has 0 radical (unpaired) electrons. The summed E-state index contributed by atoms with van der Waals surface area (Å²) in [5.41, 5.74) is 0.334. The molecule has 1 saturated heterocycles. The van der Waals surface area contributed by atoms with Crippen LogP contribution in [0.3, 0.4) is 0 Å². The van der Waals surface area contributed by atoms with Gasteiger partial charge >= 0.3 is 0 Å². The van der Waals surface area contributed by atoms with Gasteiger partial charge in [-0.3, -0.25) is 14.5 Å². The van der Waals surface area contributed by atoms with Crippen LogP contribution in [-0.2, 0) is 19.6 Å². The summed E-state index contributed by atoms with van der Waals surface area (Å²) in [5.74, 6) is 0.235. The number of piperidine rings is 1. The zero-order valence-corrected chi connectivity index (χ0v) is 18.8. The topological polar surface area (TPSA) is 96.0 Å². The molecule has 1 aromatic carbocycles. The Bertz CT molecular complexity index is 942. The van der Waals surface area contributed by atoms with Crippen molar-refractivity contribution in [3.8, 4) is 5.75 Å². The second-order valence-corrected chi connectivity index (χ2v) is 10.7. The van der Waals surface area contributed by atoms with E-state index >= 15 is 0 Å². The molecular formula is C22H31N3O5S. The summed E-state index contributed by atoms with van der Waals surface area (Å²) < 4.78 is 33.2. The van der Waals surface area contributed by atoms with Crippen molar-refractivity contribution >= 4 is 27.5 Å². The van der Waals surface area contributed by atoms with E-state index in [2.05, 4.69) is 12.2 Å². The molecule has 9 heteroatoms. The average Bonchev–Trinajstić information content (AvgIpc) is 2.77. The van der Waals surface area contributed by atoms with Crippen LogP contribution in [0.2, 0.25) is 0 Å². The van der Waals surface area contributed by atoms with Crippen molar-refractivity contribution in [3.05, 3.63) is 18.2 Å². The lowest BCUT2D eigenvalue weighted by Gasteiger charge is -2.32. The molecule has 1 aliphatic carbocycles. The standard InChI is InChI=1S/C22H31N3O5S/c1-16-7-3-4-8-18(16)23-21(26)14-25-19-13-17(9-10-20(19)30-15-22(25)27)31(28,29)24-11-5-2-6-12-24/h9-10,13,16,18H,2-8,11-12,14-15H2,1H3,(H,23,26)/t16-,18+/m1/s1. The van der Waals surface area contributed by atoms with Gasteiger partial charge in [-0.2, -0.15) is 4.31 Å². The summed E-state index contributed by atoms with van der Waals surface area (Å²) in [6.45, 7) is 2.82. The Labute approximate surface area is 184 Å². The maximum Gasteiger partial charge on any atom is 0.265 e. The number of nitrogens with zero attached hydrogens (tertiary/aromatic N) is 2. The number of benzene rings is 1. The highest BCUT2D eigenvalue weighted by Gasteiger charge is 2.32. The third kappa shape index (κ3) is 4.72. The molecule has 0 bridgehead atoms. The molecule has 0 unspecified atom stereocenters. The molecule has 3 aliphatic rings. The summed E-state index contributed by atoms with van der Waals surface area (Å²) in [7, 11) is -3.66. The number of carbonyl (C=O) groups excluding carboxylic acids is 2. The Morgan fingerprint density at radius 2 is 1.87 bits per heavy atom. The minimum atomic E-state index is -3.66. The van der Waals surface area contributed by atoms with Gasteiger partial charge in [-0.25, -0.2) is 8.42 Å². The number of nitrogens with one attached hydrogen (secondary N) is 1. The molecule has 0 aromatic heterocycles. The zero-order valence-electron chi connectivity index (χ0n) is 18.0. The Hall–Kier alpha value is -2.13. The molecule has 8 nitrogen and oxygen atoms in total. The molecule has 1 saturated carbocycles. The Morgan fingerprint density at radius 1 is 1.13 bits per heavy atom. The second kappa shape index (κ2) is 9.16. The van der Waals surface area contributed by atoms with Gasteiger partial charge in [0.25, 0.3) is 5.91 Å². The van der Waals surface area contributed by atoms with Crippen molar-refractivity contribution in [1.29, 1.82) is 0 Å². The van der Waals surface area contributed by atoms with Crippen LogP contribution in [0.1, 0.15) is 51.9 Å². The quantitative estimate of drug-likeness (QED) is 0.744. The first-order valence-electron chi connectivity index (χ1n) is 11.2. The molecule has 0 spiro atoms. The molecule has 31 heavy (non-hydrogen) atoms. The molecule has 4 rings (SSSR count). The second-order valence-electron chi connectivity index (χ2n) is 8.80. The van der Waals surface area contributed by atoms with Gasteiger partial charge in [0.2, 0.25) is 15.9 Å². The minimum absolute atomic E-state index is 0.114. The van der Waals surface area contributed by atoms with E-state index in [0.29, 0.717) is 30.4 Å². The van der Waals surface area contributed by atoms with Gasteiger partial charge in [-0.05, 0) is 49.8 Å². The smallest absolute Gasteiger partial charge is 0.265 e. The van der Waals surface area contributed by atoms with Crippen LogP contribution in [-0.4, -0.2) is 56.8 Å². The summed E-state index contributed by atoms with van der Waals surface area (Å²) in [5, 5.41) is 3.06. The van der Waals surface area contributed by atoms with Crippen molar-refractivity contribution in [3.63, 3.8) is 0 Å².